The highest BCUT2D eigenvalue weighted by atomic mass is 16.6. The van der Waals surface area contributed by atoms with Crippen LogP contribution < -0.4 is 0 Å². The predicted octanol–water partition coefficient (Wildman–Crippen LogP) is 3.63. The fraction of sp³-hybridized carbons (Fsp3) is 0.286. The highest BCUT2D eigenvalue weighted by molar-refractivity contribution is 5.89. The normalized spacial score (nSPS) is 18.3. The minimum atomic E-state index is -0.539. The molecule has 132 valence electrons. The molecule has 0 radical (unpaired) electrons. The van der Waals surface area contributed by atoms with E-state index in [0.29, 0.717) is 13.0 Å². The van der Waals surface area contributed by atoms with Crippen LogP contribution in [0.25, 0.3) is 11.1 Å². The van der Waals surface area contributed by atoms with Crippen LogP contribution in [-0.4, -0.2) is 42.8 Å². The van der Waals surface area contributed by atoms with Gasteiger partial charge in [0.25, 0.3) is 5.91 Å². The molecule has 5 heteroatoms. The number of carbonyl (C=O) groups is 2. The van der Waals surface area contributed by atoms with Gasteiger partial charge in [-0.1, -0.05) is 48.5 Å². The fourth-order valence-corrected chi connectivity index (χ4v) is 4.02. The van der Waals surface area contributed by atoms with E-state index in [9.17, 15) is 9.59 Å². The Morgan fingerprint density at radius 2 is 1.69 bits per heavy atom. The number of rotatable bonds is 3. The summed E-state index contributed by atoms with van der Waals surface area (Å²) in [6, 6.07) is 15.9. The number of fused-ring (bicyclic) bond motifs is 3. The third-order valence-electron chi connectivity index (χ3n) is 5.26. The smallest absolute Gasteiger partial charge is 0.410 e. The minimum Gasteiger partial charge on any atom is -0.448 e. The maximum atomic E-state index is 12.5. The van der Waals surface area contributed by atoms with Crippen molar-refractivity contribution in [2.75, 3.05) is 13.2 Å². The van der Waals surface area contributed by atoms with Crippen molar-refractivity contribution in [1.82, 2.24) is 4.90 Å². The van der Waals surface area contributed by atoms with Crippen LogP contribution in [-0.2, 0) is 9.53 Å². The van der Waals surface area contributed by atoms with E-state index in [-0.39, 0.29) is 18.4 Å². The molecule has 2 aromatic carbocycles. The first-order chi connectivity index (χ1) is 12.7. The zero-order valence-electron chi connectivity index (χ0n) is 14.4. The van der Waals surface area contributed by atoms with E-state index in [1.165, 1.54) is 27.2 Å². The summed E-state index contributed by atoms with van der Waals surface area (Å²) in [6.07, 6.45) is 0.935. The van der Waals surface area contributed by atoms with E-state index in [1.54, 1.807) is 0 Å². The van der Waals surface area contributed by atoms with Crippen LogP contribution in [0.2, 0.25) is 0 Å². The Bertz CT molecular complexity index is 832. The van der Waals surface area contributed by atoms with Gasteiger partial charge in [0.05, 0.1) is 0 Å². The summed E-state index contributed by atoms with van der Waals surface area (Å²) in [5.41, 5.74) is 4.72. The molecule has 2 aliphatic rings. The molecule has 2 amide bonds. The molecular formula is C21H20N2O3. The van der Waals surface area contributed by atoms with Gasteiger partial charge >= 0.3 is 6.09 Å². The number of carbonyl (C=O) groups excluding carboxylic acids is 2. The third kappa shape index (κ3) is 2.69. The number of hydrogen-bond acceptors (Lipinski definition) is 3. The van der Waals surface area contributed by atoms with Crippen molar-refractivity contribution < 1.29 is 14.3 Å². The average Bonchev–Trinajstić information content (AvgIpc) is 3.29. The minimum absolute atomic E-state index is 0.0145. The molecule has 0 spiro atoms. The molecule has 0 bridgehead atoms. The lowest BCUT2D eigenvalue weighted by molar-refractivity contribution is -0.121. The zero-order chi connectivity index (χ0) is 18.1. The molecule has 5 nitrogen and oxygen atoms in total. The molecule has 4 rings (SSSR count). The van der Waals surface area contributed by atoms with Crippen LogP contribution in [0.15, 0.2) is 53.5 Å². The maximum absolute atomic E-state index is 12.5. The second-order valence-electron chi connectivity index (χ2n) is 6.65. The van der Waals surface area contributed by atoms with E-state index in [4.69, 9.17) is 4.74 Å². The first kappa shape index (κ1) is 16.5. The summed E-state index contributed by atoms with van der Waals surface area (Å²) in [6.45, 7) is 4.05. The average molecular weight is 348 g/mol. The van der Waals surface area contributed by atoms with Gasteiger partial charge in [-0.15, -0.1) is 0 Å². The summed E-state index contributed by atoms with van der Waals surface area (Å²) >= 11 is 0. The molecule has 1 atom stereocenters. The maximum Gasteiger partial charge on any atom is 0.410 e. The van der Waals surface area contributed by atoms with Crippen molar-refractivity contribution in [1.29, 1.82) is 0 Å². The van der Waals surface area contributed by atoms with Gasteiger partial charge in [-0.3, -0.25) is 9.69 Å². The Kier molecular flexibility index (Phi) is 4.29. The van der Waals surface area contributed by atoms with Crippen molar-refractivity contribution >= 4 is 18.7 Å². The number of hydrogen-bond donors (Lipinski definition) is 0. The Morgan fingerprint density at radius 3 is 2.31 bits per heavy atom. The van der Waals surface area contributed by atoms with Gasteiger partial charge in [0.1, 0.15) is 12.6 Å². The van der Waals surface area contributed by atoms with Crippen LogP contribution in [0.4, 0.5) is 4.79 Å². The molecular weight excluding hydrogens is 328 g/mol. The summed E-state index contributed by atoms with van der Waals surface area (Å²) in [5, 5.41) is 0. The molecule has 1 aliphatic heterocycles. The first-order valence-electron chi connectivity index (χ1n) is 8.83. The first-order valence-corrected chi connectivity index (χ1v) is 8.83. The van der Waals surface area contributed by atoms with Crippen LogP contribution in [0.5, 0.6) is 0 Å². The second kappa shape index (κ2) is 6.75. The molecule has 0 N–H and O–H groups in total. The highest BCUT2D eigenvalue weighted by Gasteiger charge is 2.36. The number of benzene rings is 2. The van der Waals surface area contributed by atoms with Crippen molar-refractivity contribution in [2.24, 2.45) is 4.99 Å². The highest BCUT2D eigenvalue weighted by Crippen LogP contribution is 2.44. The van der Waals surface area contributed by atoms with Gasteiger partial charge in [-0.2, -0.15) is 0 Å². The Hall–Kier alpha value is -2.95. The largest absolute Gasteiger partial charge is 0.448 e. The van der Waals surface area contributed by atoms with E-state index < -0.39 is 12.1 Å². The molecule has 1 heterocycles. The van der Waals surface area contributed by atoms with Gasteiger partial charge in [0, 0.05) is 12.5 Å². The monoisotopic (exact) mass is 348 g/mol. The van der Waals surface area contributed by atoms with Crippen molar-refractivity contribution in [3.63, 3.8) is 0 Å². The van der Waals surface area contributed by atoms with Crippen molar-refractivity contribution in [3.8, 4) is 11.1 Å². The van der Waals surface area contributed by atoms with Crippen molar-refractivity contribution in [3.05, 3.63) is 59.7 Å². The Labute approximate surface area is 152 Å². The van der Waals surface area contributed by atoms with Gasteiger partial charge in [0.2, 0.25) is 0 Å². The lowest BCUT2D eigenvalue weighted by Gasteiger charge is -2.23. The number of nitrogens with zero attached hydrogens (tertiary/aromatic N) is 2. The number of aliphatic imine (C=N–C) groups is 1. The van der Waals surface area contributed by atoms with Gasteiger partial charge in [0.15, 0.2) is 0 Å². The van der Waals surface area contributed by atoms with E-state index in [2.05, 4.69) is 36.0 Å². The summed E-state index contributed by atoms with van der Waals surface area (Å²) in [7, 11) is 0. The standard InChI is InChI=1S/C21H20N2O3/c1-22-20(24)19-11-6-12-23(19)21(25)26-13-18-16-9-4-2-7-14(16)15-8-3-5-10-17(15)18/h2-5,7-10,18-19H,1,6,11-13H2/t19-/m0/s1. The predicted molar refractivity (Wildman–Crippen MR) is 99.4 cm³/mol. The molecule has 0 saturated carbocycles. The van der Waals surface area contributed by atoms with E-state index >= 15 is 0 Å². The molecule has 1 fully saturated rings. The van der Waals surface area contributed by atoms with Crippen LogP contribution >= 0.6 is 0 Å². The lowest BCUT2D eigenvalue weighted by Crippen LogP contribution is -2.40. The van der Waals surface area contributed by atoms with Crippen LogP contribution in [0, 0.1) is 0 Å². The fourth-order valence-electron chi connectivity index (χ4n) is 4.02. The quantitative estimate of drug-likeness (QED) is 0.796. The number of amides is 2. The van der Waals surface area contributed by atoms with Gasteiger partial charge in [-0.05, 0) is 41.8 Å². The SMILES string of the molecule is C=NC(=O)[C@@H]1CCCN1C(=O)OCC1c2ccccc2-c2ccccc21. The van der Waals surface area contributed by atoms with E-state index in [0.717, 1.165) is 6.42 Å². The molecule has 0 unspecified atom stereocenters. The van der Waals surface area contributed by atoms with E-state index in [1.807, 2.05) is 24.3 Å². The number of likely N-dealkylation sites (tertiary alicyclic amines) is 1. The molecule has 26 heavy (non-hydrogen) atoms. The lowest BCUT2D eigenvalue weighted by atomic mass is 9.98. The zero-order valence-corrected chi connectivity index (χ0v) is 14.4. The summed E-state index contributed by atoms with van der Waals surface area (Å²) in [5.74, 6) is -0.350. The second-order valence-corrected chi connectivity index (χ2v) is 6.65. The molecule has 0 aromatic heterocycles. The molecule has 2 aromatic rings. The third-order valence-corrected chi connectivity index (χ3v) is 5.26. The van der Waals surface area contributed by atoms with Crippen LogP contribution in [0.1, 0.15) is 29.9 Å². The summed E-state index contributed by atoms with van der Waals surface area (Å²) in [4.78, 5) is 29.3. The van der Waals surface area contributed by atoms with Crippen molar-refractivity contribution in [2.45, 2.75) is 24.8 Å². The van der Waals surface area contributed by atoms with Gasteiger partial charge in [-0.25, -0.2) is 9.79 Å². The summed E-state index contributed by atoms with van der Waals surface area (Å²) < 4.78 is 5.62. The Morgan fingerprint density at radius 1 is 1.08 bits per heavy atom. The molecule has 1 saturated heterocycles. The number of ether oxygens (including phenoxy) is 1. The Balaban J connectivity index is 1.52. The van der Waals surface area contributed by atoms with Gasteiger partial charge < -0.3 is 4.74 Å². The topological polar surface area (TPSA) is 59.0 Å². The molecule has 1 aliphatic carbocycles. The van der Waals surface area contributed by atoms with Crippen LogP contribution in [0.3, 0.4) is 0 Å².